The number of carbonyl (C=O) groups excluding carboxylic acids is 2. The van der Waals surface area contributed by atoms with Crippen molar-refractivity contribution in [3.63, 3.8) is 0 Å². The summed E-state index contributed by atoms with van der Waals surface area (Å²) in [5.74, 6) is -0.172. The van der Waals surface area contributed by atoms with E-state index in [9.17, 15) is 35.1 Å². The largest absolute Gasteiger partial charge is 0.466 e. The van der Waals surface area contributed by atoms with Gasteiger partial charge in [0.1, 0.15) is 24.4 Å². The number of ether oxygens (including phenoxy) is 3. The molecule has 518 valence electrons. The Hall–Kier alpha value is -2.12. The number of nitrogens with one attached hydrogen (secondary N) is 1. The Morgan fingerprint density at radius 1 is 0.409 bits per heavy atom. The van der Waals surface area contributed by atoms with E-state index in [0.29, 0.717) is 19.4 Å². The Kier molecular flexibility index (Phi) is 63.2. The molecular formula is C77H145NO10. The molecule has 0 aromatic rings. The summed E-state index contributed by atoms with van der Waals surface area (Å²) in [5, 5.41) is 54.5. The molecule has 0 aliphatic carbocycles. The normalized spacial score (nSPS) is 17.9. The average Bonchev–Trinajstić information content (AvgIpc) is 3.33. The van der Waals surface area contributed by atoms with Crippen molar-refractivity contribution in [3.05, 3.63) is 36.5 Å². The van der Waals surface area contributed by atoms with Crippen LogP contribution in [-0.4, -0.2) is 100 Å². The number of unbranched alkanes of at least 4 members (excludes halogenated alkanes) is 50. The smallest absolute Gasteiger partial charge is 0.305 e. The number of hydrogen-bond donors (Lipinski definition) is 6. The minimum absolute atomic E-state index is 0.0145. The Labute approximate surface area is 543 Å². The molecule has 1 rings (SSSR count). The van der Waals surface area contributed by atoms with Crippen LogP contribution in [-0.2, 0) is 23.8 Å². The Morgan fingerprint density at radius 2 is 0.739 bits per heavy atom. The first-order chi connectivity index (χ1) is 43.2. The van der Waals surface area contributed by atoms with Gasteiger partial charge in [0.15, 0.2) is 6.29 Å². The minimum Gasteiger partial charge on any atom is -0.466 e. The minimum atomic E-state index is -1.57. The van der Waals surface area contributed by atoms with Gasteiger partial charge in [-0.3, -0.25) is 9.59 Å². The number of carbonyl (C=O) groups is 2. The lowest BCUT2D eigenvalue weighted by Crippen LogP contribution is -2.60. The second kappa shape index (κ2) is 66.3. The summed E-state index contributed by atoms with van der Waals surface area (Å²) >= 11 is 0. The van der Waals surface area contributed by atoms with Gasteiger partial charge in [0.25, 0.3) is 0 Å². The van der Waals surface area contributed by atoms with E-state index in [1.54, 1.807) is 6.08 Å². The van der Waals surface area contributed by atoms with Gasteiger partial charge in [0.2, 0.25) is 5.91 Å². The van der Waals surface area contributed by atoms with Crippen LogP contribution in [0.15, 0.2) is 36.5 Å². The van der Waals surface area contributed by atoms with Crippen molar-refractivity contribution in [2.75, 3.05) is 19.8 Å². The lowest BCUT2D eigenvalue weighted by Gasteiger charge is -2.40. The highest BCUT2D eigenvalue weighted by Gasteiger charge is 2.44. The van der Waals surface area contributed by atoms with E-state index in [2.05, 4.69) is 43.5 Å². The summed E-state index contributed by atoms with van der Waals surface area (Å²) in [6, 6.07) is -0.825. The molecule has 6 N–H and O–H groups in total. The van der Waals surface area contributed by atoms with Gasteiger partial charge in [0, 0.05) is 12.8 Å². The third kappa shape index (κ3) is 54.4. The molecule has 0 bridgehead atoms. The molecule has 7 unspecified atom stereocenters. The SMILES string of the molecule is CCCCCCCCC/C=C/CC/C=C/C(O)C(COC1OC(CO)C(O)C(O)C1O)NC(=O)CCCCCCCCCCCCCCCCCCC/C=C\CCCCCCCCCCCCCCCCOC(=O)CCCCCCCCCCCCCC. The summed E-state index contributed by atoms with van der Waals surface area (Å²) in [6.07, 6.45) is 75.9. The molecule has 0 aromatic heterocycles. The van der Waals surface area contributed by atoms with Gasteiger partial charge in [-0.2, -0.15) is 0 Å². The van der Waals surface area contributed by atoms with Crippen molar-refractivity contribution < 1.29 is 49.3 Å². The van der Waals surface area contributed by atoms with Crippen LogP contribution in [0, 0.1) is 0 Å². The van der Waals surface area contributed by atoms with E-state index in [0.717, 1.165) is 51.4 Å². The second-order valence-electron chi connectivity index (χ2n) is 26.7. The maximum Gasteiger partial charge on any atom is 0.305 e. The Bertz CT molecular complexity index is 1560. The van der Waals surface area contributed by atoms with Crippen LogP contribution in [0.1, 0.15) is 380 Å². The number of rotatable bonds is 68. The fraction of sp³-hybridized carbons (Fsp3) is 0.896. The average molecular weight is 1250 g/mol. The van der Waals surface area contributed by atoms with Crippen molar-refractivity contribution in [1.29, 1.82) is 0 Å². The van der Waals surface area contributed by atoms with Crippen LogP contribution in [0.3, 0.4) is 0 Å². The molecule has 11 nitrogen and oxygen atoms in total. The quantitative estimate of drug-likeness (QED) is 0.0195. The Balaban J connectivity index is 1.93. The molecule has 1 aliphatic heterocycles. The van der Waals surface area contributed by atoms with Crippen molar-refractivity contribution >= 4 is 11.9 Å². The van der Waals surface area contributed by atoms with E-state index in [-0.39, 0.29) is 18.5 Å². The third-order valence-electron chi connectivity index (χ3n) is 18.2. The van der Waals surface area contributed by atoms with Crippen LogP contribution < -0.4 is 5.32 Å². The number of aliphatic hydroxyl groups excluding tert-OH is 5. The molecule has 1 aliphatic rings. The maximum absolute atomic E-state index is 13.1. The predicted octanol–water partition coefficient (Wildman–Crippen LogP) is 20.1. The van der Waals surface area contributed by atoms with Crippen LogP contribution in [0.4, 0.5) is 0 Å². The summed E-state index contributed by atoms with van der Waals surface area (Å²) in [4.78, 5) is 25.1. The molecule has 0 radical (unpaired) electrons. The topological polar surface area (TPSA) is 175 Å². The number of amides is 1. The van der Waals surface area contributed by atoms with Crippen LogP contribution in [0.5, 0.6) is 0 Å². The molecule has 1 fully saturated rings. The summed E-state index contributed by atoms with van der Waals surface area (Å²) in [6.45, 7) is 4.36. The molecule has 1 heterocycles. The lowest BCUT2D eigenvalue weighted by molar-refractivity contribution is -0.302. The molecule has 0 spiro atoms. The van der Waals surface area contributed by atoms with E-state index in [4.69, 9.17) is 14.2 Å². The zero-order valence-corrected chi connectivity index (χ0v) is 57.7. The van der Waals surface area contributed by atoms with Gasteiger partial charge < -0.3 is 45.1 Å². The number of hydrogen-bond acceptors (Lipinski definition) is 10. The first kappa shape index (κ1) is 83.9. The van der Waals surface area contributed by atoms with E-state index in [1.807, 2.05) is 6.08 Å². The molecule has 11 heteroatoms. The third-order valence-corrected chi connectivity index (χ3v) is 18.2. The second-order valence-corrected chi connectivity index (χ2v) is 26.7. The van der Waals surface area contributed by atoms with Gasteiger partial charge in [-0.05, 0) is 70.6 Å². The Morgan fingerprint density at radius 3 is 1.12 bits per heavy atom. The van der Waals surface area contributed by atoms with E-state index >= 15 is 0 Å². The zero-order chi connectivity index (χ0) is 63.7. The number of allylic oxidation sites excluding steroid dienone is 5. The molecule has 88 heavy (non-hydrogen) atoms. The molecular weight excluding hydrogens is 1100 g/mol. The lowest BCUT2D eigenvalue weighted by atomic mass is 9.99. The molecule has 1 amide bonds. The molecule has 0 saturated carbocycles. The van der Waals surface area contributed by atoms with Gasteiger partial charge in [0.05, 0.1) is 32.0 Å². The van der Waals surface area contributed by atoms with Crippen molar-refractivity contribution in [1.82, 2.24) is 5.32 Å². The zero-order valence-electron chi connectivity index (χ0n) is 57.7. The summed E-state index contributed by atoms with van der Waals surface area (Å²) < 4.78 is 16.7. The van der Waals surface area contributed by atoms with E-state index in [1.165, 1.54) is 302 Å². The van der Waals surface area contributed by atoms with E-state index < -0.39 is 49.5 Å². The number of esters is 1. The molecule has 0 aromatic carbocycles. The van der Waals surface area contributed by atoms with Crippen molar-refractivity contribution in [3.8, 4) is 0 Å². The van der Waals surface area contributed by atoms with Gasteiger partial charge in [-0.1, -0.05) is 333 Å². The highest BCUT2D eigenvalue weighted by molar-refractivity contribution is 5.76. The molecule has 1 saturated heterocycles. The summed E-state index contributed by atoms with van der Waals surface area (Å²) in [7, 11) is 0. The van der Waals surface area contributed by atoms with Crippen molar-refractivity contribution in [2.45, 2.75) is 423 Å². The van der Waals surface area contributed by atoms with Crippen LogP contribution >= 0.6 is 0 Å². The predicted molar refractivity (Wildman–Crippen MR) is 371 cm³/mol. The van der Waals surface area contributed by atoms with Gasteiger partial charge in [-0.15, -0.1) is 0 Å². The summed E-state index contributed by atoms with van der Waals surface area (Å²) in [5.41, 5.74) is 0. The van der Waals surface area contributed by atoms with Crippen LogP contribution in [0.2, 0.25) is 0 Å². The van der Waals surface area contributed by atoms with Gasteiger partial charge >= 0.3 is 5.97 Å². The van der Waals surface area contributed by atoms with Gasteiger partial charge in [-0.25, -0.2) is 0 Å². The van der Waals surface area contributed by atoms with Crippen LogP contribution in [0.25, 0.3) is 0 Å². The fourth-order valence-corrected chi connectivity index (χ4v) is 12.2. The maximum atomic E-state index is 13.1. The monoisotopic (exact) mass is 1240 g/mol. The highest BCUT2D eigenvalue weighted by Crippen LogP contribution is 2.24. The fourth-order valence-electron chi connectivity index (χ4n) is 12.2. The molecule has 7 atom stereocenters. The first-order valence-corrected chi connectivity index (χ1v) is 38.3. The highest BCUT2D eigenvalue weighted by atomic mass is 16.7. The first-order valence-electron chi connectivity index (χ1n) is 38.3. The number of aliphatic hydroxyl groups is 5. The standard InChI is InChI=1S/C77H145NO10/c1-3-5-7-9-11-13-15-40-43-47-51-55-59-63-70(80)69(68-87-77-76(85)75(84)74(83)71(67-79)88-77)78-72(81)64-60-56-52-48-44-41-38-36-34-32-30-28-26-24-22-20-18-17-19-21-23-25-27-29-31-33-35-37-39-42-46-50-54-58-62-66-86-73(82)65-61-57-53-49-45-16-14-12-10-8-6-4-2/h19,21,43,47,59,63,69-71,74-77,79-80,83-85H,3-18,20,22-42,44-46,48-58,60-62,64-68H2,1-2H3,(H,78,81)/b21-19-,47-43+,63-59+. The van der Waals surface area contributed by atoms with Crippen molar-refractivity contribution in [2.24, 2.45) is 0 Å².